The van der Waals surface area contributed by atoms with Crippen LogP contribution in [-0.2, 0) is 6.54 Å². The number of hydrogen-bond donors (Lipinski definition) is 0. The van der Waals surface area contributed by atoms with Crippen molar-refractivity contribution in [3.63, 3.8) is 0 Å². The third-order valence-electron chi connectivity index (χ3n) is 3.81. The minimum atomic E-state index is 0.733. The van der Waals surface area contributed by atoms with Crippen LogP contribution in [0.5, 0.6) is 0 Å². The number of benzene rings is 2. The summed E-state index contributed by atoms with van der Waals surface area (Å²) in [6.07, 6.45) is 0. The topological polar surface area (TPSA) is 43.6 Å². The van der Waals surface area contributed by atoms with E-state index in [0.29, 0.717) is 0 Å². The van der Waals surface area contributed by atoms with E-state index in [9.17, 15) is 0 Å². The summed E-state index contributed by atoms with van der Waals surface area (Å²) in [5, 5.41) is 10.5. The van der Waals surface area contributed by atoms with E-state index in [1.165, 1.54) is 5.56 Å². The van der Waals surface area contributed by atoms with Crippen molar-refractivity contribution in [2.24, 2.45) is 0 Å². The monoisotopic (exact) mass is 320 g/mol. The van der Waals surface area contributed by atoms with Crippen molar-refractivity contribution in [3.8, 4) is 0 Å². The van der Waals surface area contributed by atoms with Crippen LogP contribution in [0.15, 0.2) is 59.8 Å². The van der Waals surface area contributed by atoms with Gasteiger partial charge in [-0.3, -0.25) is 0 Å². The Bertz CT molecular complexity index is 963. The summed E-state index contributed by atoms with van der Waals surface area (Å²) in [6.45, 7) is 2.87. The Morgan fingerprint density at radius 3 is 2.57 bits per heavy atom. The summed E-state index contributed by atoms with van der Waals surface area (Å²) in [7, 11) is 0. The summed E-state index contributed by atoms with van der Waals surface area (Å²) >= 11 is 1.62. The Kier molecular flexibility index (Phi) is 3.71. The van der Waals surface area contributed by atoms with Gasteiger partial charge in [0.25, 0.3) is 0 Å². The number of fused-ring (bicyclic) bond motifs is 3. The minimum Gasteiger partial charge on any atom is -0.319 e. The molecule has 5 heteroatoms. The van der Waals surface area contributed by atoms with E-state index >= 15 is 0 Å². The molecule has 0 saturated carbocycles. The second-order valence-electron chi connectivity index (χ2n) is 5.29. The summed E-state index contributed by atoms with van der Waals surface area (Å²) in [4.78, 5) is 4.75. The second-order valence-corrected chi connectivity index (χ2v) is 6.52. The lowest BCUT2D eigenvalue weighted by Gasteiger charge is -2.07. The summed E-state index contributed by atoms with van der Waals surface area (Å²) in [5.74, 6) is 0.937. The van der Waals surface area contributed by atoms with Gasteiger partial charge in [-0.2, -0.15) is 0 Å². The van der Waals surface area contributed by atoms with Crippen LogP contribution in [0, 0.1) is 0 Å². The smallest absolute Gasteiger partial charge is 0.211 e. The second kappa shape index (κ2) is 6.01. The molecule has 114 valence electrons. The molecule has 0 N–H and O–H groups in total. The summed E-state index contributed by atoms with van der Waals surface area (Å²) in [5.41, 5.74) is 4.17. The van der Waals surface area contributed by atoms with Gasteiger partial charge in [-0.05, 0) is 17.4 Å². The van der Waals surface area contributed by atoms with E-state index < -0.39 is 0 Å². The molecule has 2 aromatic carbocycles. The van der Waals surface area contributed by atoms with E-state index in [0.717, 1.165) is 39.5 Å². The first kappa shape index (κ1) is 14.2. The molecule has 0 amide bonds. The van der Waals surface area contributed by atoms with Gasteiger partial charge in [0.05, 0.1) is 5.52 Å². The number of nitrogens with zero attached hydrogens (tertiary/aromatic N) is 4. The maximum absolute atomic E-state index is 4.75. The van der Waals surface area contributed by atoms with E-state index in [1.54, 1.807) is 11.8 Å². The molecule has 0 radical (unpaired) electrons. The van der Waals surface area contributed by atoms with E-state index in [2.05, 4.69) is 64.2 Å². The molecule has 0 spiro atoms. The van der Waals surface area contributed by atoms with E-state index in [-0.39, 0.29) is 0 Å². The number of rotatable bonds is 4. The zero-order chi connectivity index (χ0) is 15.6. The fourth-order valence-corrected chi connectivity index (χ4v) is 3.31. The molecule has 4 rings (SSSR count). The van der Waals surface area contributed by atoms with Gasteiger partial charge in [0.15, 0.2) is 5.65 Å². The highest BCUT2D eigenvalue weighted by Crippen LogP contribution is 2.27. The molecule has 2 heterocycles. The van der Waals surface area contributed by atoms with Crippen molar-refractivity contribution in [1.82, 2.24) is 19.7 Å². The molecule has 0 aliphatic rings. The van der Waals surface area contributed by atoms with Gasteiger partial charge in [-0.1, -0.05) is 67.2 Å². The highest BCUT2D eigenvalue weighted by molar-refractivity contribution is 7.99. The van der Waals surface area contributed by atoms with Crippen LogP contribution in [0.1, 0.15) is 12.5 Å². The molecule has 0 bridgehead atoms. The van der Waals surface area contributed by atoms with Gasteiger partial charge in [0.2, 0.25) is 5.16 Å². The SMILES string of the molecule is CCSc1nnc2c3ccccc3n(Cc3ccccc3)c2n1. The molecule has 23 heavy (non-hydrogen) atoms. The zero-order valence-electron chi connectivity index (χ0n) is 12.8. The predicted octanol–water partition coefficient (Wildman–Crippen LogP) is 4.14. The van der Waals surface area contributed by atoms with Crippen molar-refractivity contribution in [2.45, 2.75) is 18.6 Å². The fraction of sp³-hybridized carbons (Fsp3) is 0.167. The summed E-state index contributed by atoms with van der Waals surface area (Å²) < 4.78 is 2.23. The third kappa shape index (κ3) is 2.57. The maximum Gasteiger partial charge on any atom is 0.211 e. The number of thioether (sulfide) groups is 1. The van der Waals surface area contributed by atoms with Gasteiger partial charge in [0, 0.05) is 11.9 Å². The van der Waals surface area contributed by atoms with Crippen LogP contribution in [0.4, 0.5) is 0 Å². The molecule has 0 saturated heterocycles. The summed E-state index contributed by atoms with van der Waals surface area (Å²) in [6, 6.07) is 18.7. The molecular weight excluding hydrogens is 304 g/mol. The molecule has 4 nitrogen and oxygen atoms in total. The zero-order valence-corrected chi connectivity index (χ0v) is 13.6. The van der Waals surface area contributed by atoms with Crippen LogP contribution >= 0.6 is 11.8 Å². The normalized spacial score (nSPS) is 11.3. The van der Waals surface area contributed by atoms with Crippen molar-refractivity contribution < 1.29 is 0 Å². The predicted molar refractivity (Wildman–Crippen MR) is 94.8 cm³/mol. The van der Waals surface area contributed by atoms with Crippen molar-refractivity contribution >= 4 is 33.8 Å². The third-order valence-corrected chi connectivity index (χ3v) is 4.53. The first-order chi connectivity index (χ1) is 11.4. The standard InChI is InChI=1S/C18H16N4S/c1-2-23-18-19-17-16(20-21-18)14-10-6-7-11-15(14)22(17)12-13-8-4-3-5-9-13/h3-11H,2,12H2,1H3. The molecular formula is C18H16N4S. The van der Waals surface area contributed by atoms with Gasteiger partial charge in [-0.25, -0.2) is 4.98 Å². The van der Waals surface area contributed by atoms with Crippen LogP contribution < -0.4 is 0 Å². The highest BCUT2D eigenvalue weighted by atomic mass is 32.2. The Morgan fingerprint density at radius 1 is 0.957 bits per heavy atom. The lowest BCUT2D eigenvalue weighted by Crippen LogP contribution is -2.02. The fourth-order valence-electron chi connectivity index (χ4n) is 2.81. The number of para-hydroxylation sites is 1. The first-order valence-corrected chi connectivity index (χ1v) is 8.63. The van der Waals surface area contributed by atoms with Crippen LogP contribution in [0.2, 0.25) is 0 Å². The largest absolute Gasteiger partial charge is 0.319 e. The van der Waals surface area contributed by atoms with Gasteiger partial charge in [-0.15, -0.1) is 10.2 Å². The van der Waals surface area contributed by atoms with Gasteiger partial charge >= 0.3 is 0 Å². The molecule has 0 aliphatic heterocycles. The van der Waals surface area contributed by atoms with Crippen LogP contribution in [0.3, 0.4) is 0 Å². The quantitative estimate of drug-likeness (QED) is 0.530. The molecule has 0 aliphatic carbocycles. The minimum absolute atomic E-state index is 0.733. The number of hydrogen-bond acceptors (Lipinski definition) is 4. The van der Waals surface area contributed by atoms with Crippen molar-refractivity contribution in [2.75, 3.05) is 5.75 Å². The molecule has 0 atom stereocenters. The Balaban J connectivity index is 1.95. The van der Waals surface area contributed by atoms with Crippen LogP contribution in [-0.4, -0.2) is 25.5 Å². The Morgan fingerprint density at radius 2 is 1.74 bits per heavy atom. The molecule has 0 fully saturated rings. The molecule has 2 aromatic heterocycles. The van der Waals surface area contributed by atoms with E-state index in [4.69, 9.17) is 4.98 Å². The average molecular weight is 320 g/mol. The molecule has 4 aromatic rings. The van der Waals surface area contributed by atoms with Crippen molar-refractivity contribution in [1.29, 1.82) is 0 Å². The Hall–Kier alpha value is -2.40. The Labute approximate surface area is 138 Å². The van der Waals surface area contributed by atoms with Crippen molar-refractivity contribution in [3.05, 3.63) is 60.2 Å². The van der Waals surface area contributed by atoms with Gasteiger partial charge in [0.1, 0.15) is 5.52 Å². The number of aromatic nitrogens is 4. The van der Waals surface area contributed by atoms with Crippen LogP contribution in [0.25, 0.3) is 22.1 Å². The highest BCUT2D eigenvalue weighted by Gasteiger charge is 2.14. The first-order valence-electron chi connectivity index (χ1n) is 7.65. The van der Waals surface area contributed by atoms with E-state index in [1.807, 2.05) is 12.1 Å². The van der Waals surface area contributed by atoms with Gasteiger partial charge < -0.3 is 4.57 Å². The lowest BCUT2D eigenvalue weighted by atomic mass is 10.2. The maximum atomic E-state index is 4.75. The average Bonchev–Trinajstić information content (AvgIpc) is 2.90. The lowest BCUT2D eigenvalue weighted by molar-refractivity contribution is 0.814. The molecule has 0 unspecified atom stereocenters.